The minimum atomic E-state index is -0.826. The van der Waals surface area contributed by atoms with Crippen LogP contribution in [0, 0.1) is 0 Å². The first-order valence-electron chi connectivity index (χ1n) is 30.6. The van der Waals surface area contributed by atoms with Crippen LogP contribution >= 0.6 is 0 Å². The van der Waals surface area contributed by atoms with Crippen molar-refractivity contribution in [1.29, 1.82) is 0 Å². The van der Waals surface area contributed by atoms with Crippen LogP contribution in [0.4, 0.5) is 0 Å². The number of unbranched alkanes of at least 4 members (excludes halogenated alkanes) is 30. The number of carbonyl (C=O) groups is 3. The highest BCUT2D eigenvalue weighted by Crippen LogP contribution is 2.17. The third-order valence-corrected chi connectivity index (χ3v) is 13.2. The van der Waals surface area contributed by atoms with E-state index in [1.165, 1.54) is 161 Å². The van der Waals surface area contributed by atoms with Crippen LogP contribution in [-0.2, 0) is 28.6 Å². The second-order valence-electron chi connectivity index (χ2n) is 20.2. The molecule has 0 rings (SSSR count). The SMILES string of the molecule is CC/C=C\C/C=C\C/C=C\C/C=C\CCC(=O)OC(COC(=O)CCCCC/C=C\C/C=C\C/C=C\CC)COC(=O)CCCCCCCCCCCCCCCCCCCCCCCCCCCCCC. The highest BCUT2D eigenvalue weighted by Gasteiger charge is 2.19. The molecular weight excluding hydrogens is 889 g/mol. The Labute approximate surface area is 445 Å². The molecular formula is C66H114O6. The molecule has 414 valence electrons. The topological polar surface area (TPSA) is 78.9 Å². The largest absolute Gasteiger partial charge is 0.462 e. The molecule has 0 aliphatic heterocycles. The molecule has 0 spiro atoms. The molecule has 0 fully saturated rings. The van der Waals surface area contributed by atoms with E-state index in [1.54, 1.807) is 0 Å². The molecule has 0 aliphatic rings. The molecule has 0 amide bonds. The first-order chi connectivity index (χ1) is 35.5. The first-order valence-corrected chi connectivity index (χ1v) is 30.6. The number of carbonyl (C=O) groups excluding carboxylic acids is 3. The fourth-order valence-electron chi connectivity index (χ4n) is 8.65. The minimum absolute atomic E-state index is 0.113. The van der Waals surface area contributed by atoms with Crippen LogP contribution in [-0.4, -0.2) is 37.2 Å². The molecule has 0 aromatic rings. The van der Waals surface area contributed by atoms with Gasteiger partial charge in [0.25, 0.3) is 0 Å². The molecule has 0 radical (unpaired) electrons. The Kier molecular flexibility index (Phi) is 57.3. The van der Waals surface area contributed by atoms with Crippen molar-refractivity contribution in [2.24, 2.45) is 0 Å². The summed E-state index contributed by atoms with van der Waals surface area (Å²) in [6, 6.07) is 0. The van der Waals surface area contributed by atoms with Gasteiger partial charge in [0.05, 0.1) is 0 Å². The van der Waals surface area contributed by atoms with Gasteiger partial charge in [-0.15, -0.1) is 0 Å². The van der Waals surface area contributed by atoms with Gasteiger partial charge in [-0.1, -0.05) is 286 Å². The first kappa shape index (κ1) is 68.6. The lowest BCUT2D eigenvalue weighted by Crippen LogP contribution is -2.30. The van der Waals surface area contributed by atoms with Gasteiger partial charge in [-0.2, -0.15) is 0 Å². The Bertz CT molecular complexity index is 1380. The van der Waals surface area contributed by atoms with Gasteiger partial charge < -0.3 is 14.2 Å². The lowest BCUT2D eigenvalue weighted by molar-refractivity contribution is -0.166. The standard InChI is InChI=1S/C66H114O6/c1-4-7-10-13-16-19-22-25-26-27-28-29-30-31-32-33-34-35-36-37-38-39-42-44-47-50-53-56-59-65(68)71-62-63(72-66(69)60-57-54-51-48-45-41-24-21-18-15-12-9-6-3)61-70-64(67)58-55-52-49-46-43-40-23-20-17-14-11-8-5-2/h8-9,11-12,17-18,20-21,40-41,43,45,51,54,63H,4-7,10,13-16,19,22-39,42,44,46-50,52-53,55-62H2,1-3H3/b11-8-,12-9-,20-17-,21-18-,43-40-,45-41-,54-51-. The zero-order valence-electron chi connectivity index (χ0n) is 47.4. The van der Waals surface area contributed by atoms with Crippen molar-refractivity contribution in [2.75, 3.05) is 13.2 Å². The van der Waals surface area contributed by atoms with Crippen LogP contribution in [0.3, 0.4) is 0 Å². The Hall–Kier alpha value is -3.41. The van der Waals surface area contributed by atoms with Gasteiger partial charge in [0.15, 0.2) is 6.10 Å². The molecule has 1 unspecified atom stereocenters. The van der Waals surface area contributed by atoms with E-state index in [4.69, 9.17) is 14.2 Å². The lowest BCUT2D eigenvalue weighted by atomic mass is 10.0. The fourth-order valence-corrected chi connectivity index (χ4v) is 8.65. The fraction of sp³-hybridized carbons (Fsp3) is 0.742. The van der Waals surface area contributed by atoms with Crippen LogP contribution < -0.4 is 0 Å². The van der Waals surface area contributed by atoms with Crippen LogP contribution in [0.5, 0.6) is 0 Å². The van der Waals surface area contributed by atoms with Crippen LogP contribution in [0.2, 0.25) is 0 Å². The van der Waals surface area contributed by atoms with Crippen LogP contribution in [0.15, 0.2) is 85.1 Å². The molecule has 0 N–H and O–H groups in total. The second-order valence-corrected chi connectivity index (χ2v) is 20.2. The zero-order chi connectivity index (χ0) is 52.2. The van der Waals surface area contributed by atoms with Gasteiger partial charge in [-0.3, -0.25) is 14.4 Å². The number of hydrogen-bond acceptors (Lipinski definition) is 6. The summed E-state index contributed by atoms with van der Waals surface area (Å²) in [5.74, 6) is -1.02. The minimum Gasteiger partial charge on any atom is -0.462 e. The van der Waals surface area contributed by atoms with Crippen molar-refractivity contribution in [1.82, 2.24) is 0 Å². The summed E-state index contributed by atoms with van der Waals surface area (Å²) >= 11 is 0. The van der Waals surface area contributed by atoms with E-state index >= 15 is 0 Å². The molecule has 6 nitrogen and oxygen atoms in total. The summed E-state index contributed by atoms with van der Waals surface area (Å²) in [5.41, 5.74) is 0. The van der Waals surface area contributed by atoms with Crippen molar-refractivity contribution in [3.63, 3.8) is 0 Å². The van der Waals surface area contributed by atoms with Crippen molar-refractivity contribution in [3.8, 4) is 0 Å². The van der Waals surface area contributed by atoms with Crippen molar-refractivity contribution >= 4 is 17.9 Å². The third kappa shape index (κ3) is 57.5. The summed E-state index contributed by atoms with van der Waals surface area (Å²) < 4.78 is 16.8. The summed E-state index contributed by atoms with van der Waals surface area (Å²) in [7, 11) is 0. The van der Waals surface area contributed by atoms with E-state index in [0.29, 0.717) is 19.3 Å². The smallest absolute Gasteiger partial charge is 0.306 e. The van der Waals surface area contributed by atoms with E-state index in [9.17, 15) is 14.4 Å². The molecule has 0 aliphatic carbocycles. The Morgan fingerprint density at radius 1 is 0.292 bits per heavy atom. The predicted molar refractivity (Wildman–Crippen MR) is 311 cm³/mol. The Morgan fingerprint density at radius 2 is 0.569 bits per heavy atom. The number of rotatable bonds is 55. The maximum Gasteiger partial charge on any atom is 0.306 e. The maximum absolute atomic E-state index is 12.8. The average Bonchev–Trinajstić information content (AvgIpc) is 3.38. The molecule has 0 heterocycles. The third-order valence-electron chi connectivity index (χ3n) is 13.2. The summed E-state index contributed by atoms with van der Waals surface area (Å²) in [5, 5.41) is 0. The second kappa shape index (κ2) is 60.1. The van der Waals surface area contributed by atoms with Crippen LogP contribution in [0.1, 0.15) is 297 Å². The maximum atomic E-state index is 12.8. The van der Waals surface area contributed by atoms with Gasteiger partial charge in [-0.05, 0) is 77.0 Å². The van der Waals surface area contributed by atoms with Crippen molar-refractivity contribution in [3.05, 3.63) is 85.1 Å². The number of esters is 3. The summed E-state index contributed by atoms with van der Waals surface area (Å²) in [6.07, 6.45) is 79.2. The highest BCUT2D eigenvalue weighted by atomic mass is 16.6. The van der Waals surface area contributed by atoms with Gasteiger partial charge in [-0.25, -0.2) is 0 Å². The van der Waals surface area contributed by atoms with Gasteiger partial charge in [0.2, 0.25) is 0 Å². The highest BCUT2D eigenvalue weighted by molar-refractivity contribution is 5.71. The number of hydrogen-bond donors (Lipinski definition) is 0. The molecule has 0 aromatic carbocycles. The Morgan fingerprint density at radius 3 is 0.903 bits per heavy atom. The van der Waals surface area contributed by atoms with E-state index in [1.807, 2.05) is 12.2 Å². The quantitative estimate of drug-likeness (QED) is 0.0261. The van der Waals surface area contributed by atoms with E-state index in [0.717, 1.165) is 89.9 Å². The number of ether oxygens (including phenoxy) is 3. The molecule has 0 aromatic heterocycles. The van der Waals surface area contributed by atoms with Crippen LogP contribution in [0.25, 0.3) is 0 Å². The molecule has 0 bridgehead atoms. The van der Waals surface area contributed by atoms with Gasteiger partial charge >= 0.3 is 17.9 Å². The van der Waals surface area contributed by atoms with E-state index in [-0.39, 0.29) is 31.6 Å². The van der Waals surface area contributed by atoms with E-state index in [2.05, 4.69) is 93.7 Å². The average molecular weight is 1000 g/mol. The lowest BCUT2D eigenvalue weighted by Gasteiger charge is -2.18. The molecule has 6 heteroatoms. The van der Waals surface area contributed by atoms with Gasteiger partial charge in [0.1, 0.15) is 13.2 Å². The van der Waals surface area contributed by atoms with Gasteiger partial charge in [0, 0.05) is 19.3 Å². The monoisotopic (exact) mass is 1000 g/mol. The van der Waals surface area contributed by atoms with Crippen molar-refractivity contribution in [2.45, 2.75) is 303 Å². The molecule has 0 saturated carbocycles. The molecule has 1 atom stereocenters. The Balaban J connectivity index is 4.22. The number of allylic oxidation sites excluding steroid dienone is 14. The molecule has 0 saturated heterocycles. The predicted octanol–water partition coefficient (Wildman–Crippen LogP) is 20.7. The zero-order valence-corrected chi connectivity index (χ0v) is 47.4. The van der Waals surface area contributed by atoms with E-state index < -0.39 is 12.1 Å². The summed E-state index contributed by atoms with van der Waals surface area (Å²) in [6.45, 7) is 6.35. The van der Waals surface area contributed by atoms with Crippen molar-refractivity contribution < 1.29 is 28.6 Å². The summed E-state index contributed by atoms with van der Waals surface area (Å²) in [4.78, 5) is 38.1. The molecule has 72 heavy (non-hydrogen) atoms. The normalized spacial score (nSPS) is 12.7.